The van der Waals surface area contributed by atoms with Gasteiger partial charge in [-0.2, -0.15) is 0 Å². The monoisotopic (exact) mass is 121 g/mol. The van der Waals surface area contributed by atoms with Gasteiger partial charge in [0.15, 0.2) is 0 Å². The van der Waals surface area contributed by atoms with E-state index in [2.05, 4.69) is 30.7 Å². The van der Waals surface area contributed by atoms with Gasteiger partial charge in [0.1, 0.15) is 0 Å². The van der Waals surface area contributed by atoms with Crippen LogP contribution in [0.3, 0.4) is 0 Å². The summed E-state index contributed by atoms with van der Waals surface area (Å²) in [5.74, 6) is 0. The summed E-state index contributed by atoms with van der Waals surface area (Å²) < 4.78 is 0. The van der Waals surface area contributed by atoms with Crippen LogP contribution in [0.25, 0.3) is 0 Å². The lowest BCUT2D eigenvalue weighted by Crippen LogP contribution is -1.67. The van der Waals surface area contributed by atoms with E-state index in [0.29, 0.717) is 0 Å². The molecule has 1 aliphatic rings. The minimum absolute atomic E-state index is 1.14. The lowest BCUT2D eigenvalue weighted by atomic mass is 10.2. The molecule has 1 aliphatic carbocycles. The largest absolute Gasteiger partial charge is 0.0882 e. The average Bonchev–Trinajstić information content (AvgIpc) is 2.00. The van der Waals surface area contributed by atoms with Gasteiger partial charge in [-0.05, 0) is 32.1 Å². The zero-order valence-corrected chi connectivity index (χ0v) is 5.72. The zero-order valence-electron chi connectivity index (χ0n) is 5.72. The summed E-state index contributed by atoms with van der Waals surface area (Å²) in [5, 5.41) is 0. The van der Waals surface area contributed by atoms with E-state index in [1.165, 1.54) is 12.8 Å². The van der Waals surface area contributed by atoms with Crippen molar-refractivity contribution < 1.29 is 0 Å². The first-order valence-corrected chi connectivity index (χ1v) is 3.62. The lowest BCUT2D eigenvalue weighted by molar-refractivity contribution is 1.05. The molecule has 0 saturated heterocycles. The molecular formula is C9H13. The normalized spacial score (nSPS) is 27.6. The highest BCUT2D eigenvalue weighted by Crippen LogP contribution is 2.03. The first-order chi connectivity index (χ1) is 4.50. The molecule has 49 valence electrons. The van der Waals surface area contributed by atoms with Gasteiger partial charge in [0.2, 0.25) is 0 Å². The molecule has 0 bridgehead atoms. The fourth-order valence-corrected chi connectivity index (χ4v) is 0.909. The summed E-state index contributed by atoms with van der Waals surface area (Å²) in [6.07, 6.45) is 16.0. The van der Waals surface area contributed by atoms with Crippen molar-refractivity contribution in [3.8, 4) is 0 Å². The van der Waals surface area contributed by atoms with Gasteiger partial charge in [-0.1, -0.05) is 24.3 Å². The highest BCUT2D eigenvalue weighted by molar-refractivity contribution is 4.96. The topological polar surface area (TPSA) is 0 Å². The minimum Gasteiger partial charge on any atom is -0.0882 e. The Labute approximate surface area is 57.3 Å². The van der Waals surface area contributed by atoms with Crippen molar-refractivity contribution in [3.63, 3.8) is 0 Å². The van der Waals surface area contributed by atoms with E-state index in [-0.39, 0.29) is 0 Å². The maximum Gasteiger partial charge on any atom is -0.0311 e. The Bertz CT molecular complexity index is 95.2. The Hall–Kier alpha value is -0.520. The molecule has 0 saturated carbocycles. The number of allylic oxidation sites excluding steroid dienone is 4. The Morgan fingerprint density at radius 3 is 1.78 bits per heavy atom. The molecule has 0 heterocycles. The Balaban J connectivity index is 2.28. The molecule has 0 unspecified atom stereocenters. The highest BCUT2D eigenvalue weighted by Gasteiger charge is 1.84. The Morgan fingerprint density at radius 2 is 1.22 bits per heavy atom. The second-order valence-electron chi connectivity index (χ2n) is 2.28. The molecule has 0 spiro atoms. The van der Waals surface area contributed by atoms with Crippen LogP contribution in [-0.2, 0) is 0 Å². The van der Waals surface area contributed by atoms with Crippen LogP contribution in [0, 0.1) is 6.42 Å². The van der Waals surface area contributed by atoms with Crippen LogP contribution in [0.1, 0.15) is 25.7 Å². The number of hydrogen-bond donors (Lipinski definition) is 0. The van der Waals surface area contributed by atoms with E-state index in [4.69, 9.17) is 0 Å². The van der Waals surface area contributed by atoms with Crippen LogP contribution >= 0.6 is 0 Å². The molecular weight excluding hydrogens is 108 g/mol. The molecule has 1 radical (unpaired) electrons. The second-order valence-corrected chi connectivity index (χ2v) is 2.28. The van der Waals surface area contributed by atoms with Crippen molar-refractivity contribution in [2.45, 2.75) is 25.7 Å². The van der Waals surface area contributed by atoms with Gasteiger partial charge >= 0.3 is 0 Å². The molecule has 0 fully saturated rings. The van der Waals surface area contributed by atoms with E-state index < -0.39 is 0 Å². The average molecular weight is 121 g/mol. The molecule has 0 heteroatoms. The van der Waals surface area contributed by atoms with Crippen molar-refractivity contribution in [2.24, 2.45) is 0 Å². The SMILES string of the molecule is [CH]1C/C=C\CC/C=C\C1. The van der Waals surface area contributed by atoms with Gasteiger partial charge in [0, 0.05) is 0 Å². The van der Waals surface area contributed by atoms with Crippen LogP contribution in [0.5, 0.6) is 0 Å². The molecule has 0 aromatic carbocycles. The first kappa shape index (κ1) is 6.60. The van der Waals surface area contributed by atoms with Gasteiger partial charge in [-0.3, -0.25) is 0 Å². The third-order valence-electron chi connectivity index (χ3n) is 1.44. The molecule has 1 rings (SSSR count). The maximum absolute atomic E-state index is 2.29. The minimum atomic E-state index is 1.14. The smallest absolute Gasteiger partial charge is 0.0311 e. The predicted molar refractivity (Wildman–Crippen MR) is 41.0 cm³/mol. The van der Waals surface area contributed by atoms with E-state index in [1.54, 1.807) is 0 Å². The second kappa shape index (κ2) is 4.37. The van der Waals surface area contributed by atoms with Crippen molar-refractivity contribution >= 4 is 0 Å². The van der Waals surface area contributed by atoms with Gasteiger partial charge < -0.3 is 0 Å². The third kappa shape index (κ3) is 3.12. The summed E-state index contributed by atoms with van der Waals surface area (Å²) in [6, 6.07) is 0. The highest BCUT2D eigenvalue weighted by atomic mass is 13.9. The van der Waals surface area contributed by atoms with Gasteiger partial charge in [-0.25, -0.2) is 0 Å². The molecule has 0 atom stereocenters. The molecule has 0 nitrogen and oxygen atoms in total. The van der Waals surface area contributed by atoms with Crippen LogP contribution in [0.2, 0.25) is 0 Å². The van der Waals surface area contributed by atoms with Crippen LogP contribution < -0.4 is 0 Å². The standard InChI is InChI=1S/C9H13/c1-2-4-6-8-9-7-5-3-1/h1-2,5,8-9H,3-4,6-7H2/b2-1-,9-8-. The molecule has 0 aromatic heterocycles. The van der Waals surface area contributed by atoms with E-state index in [0.717, 1.165) is 12.8 Å². The molecule has 9 heavy (non-hydrogen) atoms. The predicted octanol–water partition coefficient (Wildman–Crippen LogP) is 2.88. The first-order valence-electron chi connectivity index (χ1n) is 3.62. The van der Waals surface area contributed by atoms with Crippen molar-refractivity contribution in [3.05, 3.63) is 30.7 Å². The Kier molecular flexibility index (Phi) is 3.20. The lowest BCUT2D eigenvalue weighted by Gasteiger charge is -1.85. The fourth-order valence-electron chi connectivity index (χ4n) is 0.909. The third-order valence-corrected chi connectivity index (χ3v) is 1.44. The molecule has 0 aromatic rings. The van der Waals surface area contributed by atoms with Crippen LogP contribution in [0.4, 0.5) is 0 Å². The van der Waals surface area contributed by atoms with Gasteiger partial charge in [-0.15, -0.1) is 0 Å². The summed E-state index contributed by atoms with van der Waals surface area (Å²) in [4.78, 5) is 0. The maximum atomic E-state index is 2.29. The van der Waals surface area contributed by atoms with Crippen LogP contribution in [0.15, 0.2) is 24.3 Å². The quantitative estimate of drug-likeness (QED) is 0.432. The van der Waals surface area contributed by atoms with E-state index in [9.17, 15) is 0 Å². The molecule has 0 N–H and O–H groups in total. The summed E-state index contributed by atoms with van der Waals surface area (Å²) in [7, 11) is 0. The summed E-state index contributed by atoms with van der Waals surface area (Å²) in [6.45, 7) is 0. The Morgan fingerprint density at radius 1 is 0.667 bits per heavy atom. The number of rotatable bonds is 0. The number of hydrogen-bond acceptors (Lipinski definition) is 0. The summed E-state index contributed by atoms with van der Waals surface area (Å²) >= 11 is 0. The van der Waals surface area contributed by atoms with Crippen molar-refractivity contribution in [1.82, 2.24) is 0 Å². The molecule has 0 amide bonds. The zero-order chi connectivity index (χ0) is 6.36. The van der Waals surface area contributed by atoms with Crippen molar-refractivity contribution in [1.29, 1.82) is 0 Å². The summed E-state index contributed by atoms with van der Waals surface area (Å²) in [5.41, 5.74) is 0. The van der Waals surface area contributed by atoms with Crippen molar-refractivity contribution in [2.75, 3.05) is 0 Å². The van der Waals surface area contributed by atoms with Crippen LogP contribution in [-0.4, -0.2) is 0 Å². The fraction of sp³-hybridized carbons (Fsp3) is 0.444. The molecule has 0 aliphatic heterocycles. The van der Waals surface area contributed by atoms with Gasteiger partial charge in [0.25, 0.3) is 0 Å². The van der Waals surface area contributed by atoms with E-state index >= 15 is 0 Å². The van der Waals surface area contributed by atoms with E-state index in [1.807, 2.05) is 0 Å². The van der Waals surface area contributed by atoms with Gasteiger partial charge in [0.05, 0.1) is 0 Å².